The molecule has 0 aliphatic rings. The first-order chi connectivity index (χ1) is 13.7. The second kappa shape index (κ2) is 6.75. The van der Waals surface area contributed by atoms with E-state index in [1.807, 2.05) is 60.7 Å². The third-order valence-electron chi connectivity index (χ3n) is 4.99. The van der Waals surface area contributed by atoms with Crippen molar-refractivity contribution in [1.82, 2.24) is 0 Å². The van der Waals surface area contributed by atoms with E-state index in [0.717, 1.165) is 54.9 Å². The fraction of sp³-hybridized carbons (Fsp3) is 0. The summed E-state index contributed by atoms with van der Waals surface area (Å²) >= 11 is 0. The number of hydrogen-bond acceptors (Lipinski definition) is 0. The van der Waals surface area contributed by atoms with E-state index in [9.17, 15) is 0 Å². The molecule has 0 aliphatic carbocycles. The first-order valence-electron chi connectivity index (χ1n) is 8.71. The zero-order valence-corrected chi connectivity index (χ0v) is 15.1. The van der Waals surface area contributed by atoms with Crippen LogP contribution < -0.4 is 0 Å². The van der Waals surface area contributed by atoms with Crippen molar-refractivity contribution in [2.24, 2.45) is 0 Å². The van der Waals surface area contributed by atoms with E-state index in [1.165, 1.54) is 0 Å². The standard InChI is InChI=1S/C28H14/c1-5-19-15-17-21(7-3)27-23(19)11-9-13-25(27)26-14-10-12-24-20(6-2)16-18-22(8-4)28(24)26/h1-4,9-18H. The Morgan fingerprint density at radius 1 is 0.429 bits per heavy atom. The highest BCUT2D eigenvalue weighted by atomic mass is 14.2. The smallest absolute Gasteiger partial charge is 0.0328 e. The van der Waals surface area contributed by atoms with Crippen LogP contribution in [0, 0.1) is 49.4 Å². The summed E-state index contributed by atoms with van der Waals surface area (Å²) in [6.07, 6.45) is 23.1. The fourth-order valence-electron chi connectivity index (χ4n) is 3.75. The third kappa shape index (κ3) is 2.43. The van der Waals surface area contributed by atoms with Crippen molar-refractivity contribution in [3.05, 3.63) is 82.9 Å². The molecule has 4 aromatic carbocycles. The van der Waals surface area contributed by atoms with Gasteiger partial charge < -0.3 is 0 Å². The van der Waals surface area contributed by atoms with E-state index in [2.05, 4.69) is 23.7 Å². The molecule has 0 nitrogen and oxygen atoms in total. The lowest BCUT2D eigenvalue weighted by atomic mass is 9.88. The van der Waals surface area contributed by atoms with Crippen molar-refractivity contribution in [2.75, 3.05) is 0 Å². The van der Waals surface area contributed by atoms with Crippen molar-refractivity contribution in [3.63, 3.8) is 0 Å². The maximum atomic E-state index is 5.81. The maximum Gasteiger partial charge on any atom is 0.0328 e. The normalized spacial score (nSPS) is 10.0. The van der Waals surface area contributed by atoms with Gasteiger partial charge in [0.05, 0.1) is 0 Å². The Labute approximate surface area is 165 Å². The van der Waals surface area contributed by atoms with Crippen LogP contribution in [0.25, 0.3) is 32.7 Å². The van der Waals surface area contributed by atoms with Gasteiger partial charge in [-0.3, -0.25) is 0 Å². The van der Waals surface area contributed by atoms with Crippen molar-refractivity contribution in [2.45, 2.75) is 0 Å². The Bertz CT molecular complexity index is 1320. The highest BCUT2D eigenvalue weighted by molar-refractivity contribution is 6.11. The van der Waals surface area contributed by atoms with E-state index in [0.29, 0.717) is 0 Å². The van der Waals surface area contributed by atoms with Gasteiger partial charge in [0.25, 0.3) is 0 Å². The number of fused-ring (bicyclic) bond motifs is 2. The van der Waals surface area contributed by atoms with Gasteiger partial charge in [-0.25, -0.2) is 0 Å². The molecule has 0 saturated carbocycles. The lowest BCUT2D eigenvalue weighted by Crippen LogP contribution is -1.92. The fourth-order valence-corrected chi connectivity index (χ4v) is 3.75. The zero-order valence-electron chi connectivity index (χ0n) is 15.1. The number of rotatable bonds is 1. The number of hydrogen-bond donors (Lipinski definition) is 0. The Morgan fingerprint density at radius 2 is 0.786 bits per heavy atom. The quantitative estimate of drug-likeness (QED) is 0.393. The molecule has 0 spiro atoms. The minimum atomic E-state index is 0.789. The van der Waals surface area contributed by atoms with Gasteiger partial charge in [-0.2, -0.15) is 0 Å². The Hall–Kier alpha value is -4.36. The molecule has 0 unspecified atom stereocenters. The van der Waals surface area contributed by atoms with Gasteiger partial charge in [0.15, 0.2) is 0 Å². The molecule has 0 aromatic heterocycles. The van der Waals surface area contributed by atoms with Gasteiger partial charge >= 0.3 is 0 Å². The second-order valence-electron chi connectivity index (χ2n) is 6.35. The molecule has 0 heteroatoms. The van der Waals surface area contributed by atoms with Crippen molar-refractivity contribution < 1.29 is 0 Å². The van der Waals surface area contributed by atoms with Crippen LogP contribution >= 0.6 is 0 Å². The maximum absolute atomic E-state index is 5.81. The molecule has 0 aliphatic heterocycles. The molecule has 0 amide bonds. The molecule has 4 aromatic rings. The Kier molecular flexibility index (Phi) is 4.11. The first-order valence-corrected chi connectivity index (χ1v) is 8.71. The predicted octanol–water partition coefficient (Wildman–Crippen LogP) is 5.59. The summed E-state index contributed by atoms with van der Waals surface area (Å²) in [4.78, 5) is 0. The SMILES string of the molecule is C#Cc1ccc(C#C)c2c(-c3cccc4c(C#C)ccc(C#C)c34)cccc12. The van der Waals surface area contributed by atoms with Gasteiger partial charge in [0, 0.05) is 33.0 Å². The van der Waals surface area contributed by atoms with Crippen molar-refractivity contribution in [3.8, 4) is 60.5 Å². The van der Waals surface area contributed by atoms with E-state index < -0.39 is 0 Å². The molecule has 0 fully saturated rings. The third-order valence-corrected chi connectivity index (χ3v) is 4.99. The summed E-state index contributed by atoms with van der Waals surface area (Å²) in [5.41, 5.74) is 5.15. The van der Waals surface area contributed by atoms with Crippen LogP contribution in [-0.4, -0.2) is 0 Å². The van der Waals surface area contributed by atoms with Gasteiger partial charge in [0.2, 0.25) is 0 Å². The molecule has 0 saturated heterocycles. The van der Waals surface area contributed by atoms with E-state index >= 15 is 0 Å². The van der Waals surface area contributed by atoms with Gasteiger partial charge in [-0.15, -0.1) is 25.7 Å². The molecule has 0 N–H and O–H groups in total. The lowest BCUT2D eigenvalue weighted by molar-refractivity contribution is 1.63. The van der Waals surface area contributed by atoms with Crippen LogP contribution in [0.4, 0.5) is 0 Å². The molecule has 4 rings (SSSR count). The predicted molar refractivity (Wildman–Crippen MR) is 119 cm³/mol. The minimum Gasteiger partial charge on any atom is -0.115 e. The van der Waals surface area contributed by atoms with Crippen LogP contribution in [0.15, 0.2) is 60.7 Å². The largest absolute Gasteiger partial charge is 0.115 e. The van der Waals surface area contributed by atoms with Crippen LogP contribution in [-0.2, 0) is 0 Å². The molecule has 0 bridgehead atoms. The summed E-state index contributed by atoms with van der Waals surface area (Å²) in [6, 6.07) is 19.6. The highest BCUT2D eigenvalue weighted by Gasteiger charge is 2.15. The summed E-state index contributed by atoms with van der Waals surface area (Å²) in [5.74, 6) is 11.1. The summed E-state index contributed by atoms with van der Waals surface area (Å²) in [6.45, 7) is 0. The lowest BCUT2D eigenvalue weighted by Gasteiger charge is -2.15. The topological polar surface area (TPSA) is 0 Å². The molecule has 0 radical (unpaired) electrons. The van der Waals surface area contributed by atoms with E-state index in [-0.39, 0.29) is 0 Å². The van der Waals surface area contributed by atoms with Gasteiger partial charge in [0.1, 0.15) is 0 Å². The number of terminal acetylenes is 4. The molecule has 0 atom stereocenters. The monoisotopic (exact) mass is 350 g/mol. The first kappa shape index (κ1) is 17.1. The summed E-state index contributed by atoms with van der Waals surface area (Å²) in [7, 11) is 0. The average molecular weight is 350 g/mol. The number of benzene rings is 4. The second-order valence-corrected chi connectivity index (χ2v) is 6.35. The van der Waals surface area contributed by atoms with E-state index in [4.69, 9.17) is 25.7 Å². The van der Waals surface area contributed by atoms with Crippen LogP contribution in [0.5, 0.6) is 0 Å². The molecule has 126 valence electrons. The molecular formula is C28H14. The average Bonchev–Trinajstić information content (AvgIpc) is 2.76. The van der Waals surface area contributed by atoms with Crippen molar-refractivity contribution in [1.29, 1.82) is 0 Å². The molecule has 28 heavy (non-hydrogen) atoms. The van der Waals surface area contributed by atoms with Crippen molar-refractivity contribution >= 4 is 21.5 Å². The van der Waals surface area contributed by atoms with Crippen LogP contribution in [0.1, 0.15) is 22.3 Å². The molecule has 0 heterocycles. The molecular weight excluding hydrogens is 336 g/mol. The Morgan fingerprint density at radius 3 is 1.14 bits per heavy atom. The van der Waals surface area contributed by atoms with E-state index in [1.54, 1.807) is 0 Å². The minimum absolute atomic E-state index is 0.789. The Balaban J connectivity index is 2.25. The highest BCUT2D eigenvalue weighted by Crippen LogP contribution is 2.38. The van der Waals surface area contributed by atoms with Crippen LogP contribution in [0.2, 0.25) is 0 Å². The van der Waals surface area contributed by atoms with Crippen LogP contribution in [0.3, 0.4) is 0 Å². The summed E-state index contributed by atoms with van der Waals surface area (Å²) in [5, 5.41) is 3.79. The summed E-state index contributed by atoms with van der Waals surface area (Å²) < 4.78 is 0. The van der Waals surface area contributed by atoms with Gasteiger partial charge in [-0.05, 0) is 46.2 Å². The van der Waals surface area contributed by atoms with Gasteiger partial charge in [-0.1, -0.05) is 60.1 Å². The zero-order chi connectivity index (χ0) is 19.7.